The molecule has 6 radical (unpaired) electrons. The van der Waals surface area contributed by atoms with Crippen LogP contribution in [-0.4, -0.2) is 60.8 Å². The van der Waals surface area contributed by atoms with E-state index in [1.807, 2.05) is 0 Å². The maximum Gasteiger partial charge on any atom is 0 e. The van der Waals surface area contributed by atoms with Crippen LogP contribution in [0, 0.1) is 79.0 Å². The summed E-state index contributed by atoms with van der Waals surface area (Å²) in [7, 11) is 0. The first-order valence-corrected chi connectivity index (χ1v) is 0. The van der Waals surface area contributed by atoms with E-state index in [9.17, 15) is 0 Å². The van der Waals surface area contributed by atoms with Crippen molar-refractivity contribution < 1.29 is 105 Å². The summed E-state index contributed by atoms with van der Waals surface area (Å²) in [6, 6.07) is 0. The van der Waals surface area contributed by atoms with Gasteiger partial charge in [0.25, 0.3) is 0 Å². The van der Waals surface area contributed by atoms with Crippen molar-refractivity contribution >= 4 is 60.8 Å². The van der Waals surface area contributed by atoms with E-state index in [1.54, 1.807) is 0 Å². The van der Waals surface area contributed by atoms with Crippen LogP contribution in [0.15, 0.2) is 0 Å². The molecule has 0 spiro atoms. The van der Waals surface area contributed by atoms with Crippen molar-refractivity contribution in [2.45, 2.75) is 0 Å². The topological polar surface area (TPSA) is 0 Å². The first-order chi connectivity index (χ1) is 0. The van der Waals surface area contributed by atoms with E-state index >= 15 is 0 Å². The first kappa shape index (κ1) is 31.3. The van der Waals surface area contributed by atoms with Gasteiger partial charge in [-0.05, 0) is 0 Å². The number of hydrogen-bond acceptors (Lipinski definition) is 0. The minimum absolute atomic E-state index is 0. The van der Waals surface area contributed by atoms with E-state index in [0.717, 1.165) is 0 Å². The summed E-state index contributed by atoms with van der Waals surface area (Å²) in [5.41, 5.74) is 0. The summed E-state index contributed by atoms with van der Waals surface area (Å²) in [6.07, 6.45) is 0. The van der Waals surface area contributed by atoms with Crippen molar-refractivity contribution in [3.63, 3.8) is 0 Å². The summed E-state index contributed by atoms with van der Waals surface area (Å²) < 4.78 is 0. The second-order valence-electron chi connectivity index (χ2n) is 0. The van der Waals surface area contributed by atoms with Gasteiger partial charge >= 0.3 is 0 Å². The molecule has 0 rings (SSSR count). The third kappa shape index (κ3) is 17.7. The molecule has 0 aromatic rings. The normalized spacial score (nSPS) is 0. The molecule has 0 atom stereocenters. The van der Waals surface area contributed by atoms with E-state index in [1.165, 1.54) is 0 Å². The zero-order valence-corrected chi connectivity index (χ0v) is 14.5. The molecule has 0 nitrogen and oxygen atoms in total. The Labute approximate surface area is 161 Å². The van der Waals surface area contributed by atoms with Crippen LogP contribution >= 0.6 is 0 Å². The van der Waals surface area contributed by atoms with Crippen molar-refractivity contribution in [3.05, 3.63) is 0 Å². The van der Waals surface area contributed by atoms with E-state index in [4.69, 9.17) is 0 Å². The molecule has 0 aliphatic heterocycles. The van der Waals surface area contributed by atoms with E-state index in [-0.39, 0.29) is 166 Å². The summed E-state index contributed by atoms with van der Waals surface area (Å²) in [5.74, 6) is 0. The van der Waals surface area contributed by atoms with Gasteiger partial charge in [-0.25, -0.2) is 0 Å². The minimum atomic E-state index is 0. The van der Waals surface area contributed by atoms with Crippen LogP contribution in [0.4, 0.5) is 0 Å². The smallest absolute Gasteiger partial charge is 0 e. The third-order valence-corrected chi connectivity index (χ3v) is 0. The average molecular weight is 461 g/mol. The van der Waals surface area contributed by atoms with Crippen molar-refractivity contribution in [1.29, 1.82) is 0 Å². The zero-order valence-electron chi connectivity index (χ0n) is 2.79. The largest absolute Gasteiger partial charge is 0 e. The van der Waals surface area contributed by atoms with Crippen molar-refractivity contribution in [3.8, 4) is 0 Å². The van der Waals surface area contributed by atoms with Gasteiger partial charge in [0.1, 0.15) is 0 Å². The zero-order chi connectivity index (χ0) is 0. The summed E-state index contributed by atoms with van der Waals surface area (Å²) in [6.45, 7) is 0. The molecule has 5 heavy (non-hydrogen) atoms. The molecular weight excluding hydrogens is 461 g/mol. The van der Waals surface area contributed by atoms with Crippen LogP contribution < -0.4 is 0 Å². The molecule has 0 saturated carbocycles. The first-order valence-electron chi connectivity index (χ1n) is 0. The van der Waals surface area contributed by atoms with Gasteiger partial charge in [-0.1, -0.05) is 0 Å². The molecule has 0 amide bonds. The fraction of sp³-hybridized carbons (Fsp3) is 0. The Morgan fingerprint density at radius 3 is 1.00 bits per heavy atom. The fourth-order valence-electron chi connectivity index (χ4n) is 0. The van der Waals surface area contributed by atoms with Crippen molar-refractivity contribution in [2.24, 2.45) is 0 Å². The predicted molar refractivity (Wildman–Crippen MR) is 11.5 cm³/mol. The quantitative estimate of drug-likeness (QED) is 0.416. The second kappa shape index (κ2) is 22.7. The molecular formula is CaHoMgPrZr. The summed E-state index contributed by atoms with van der Waals surface area (Å²) in [5, 5.41) is 0. The second-order valence-corrected chi connectivity index (χ2v) is 0. The number of rotatable bonds is 0. The average Bonchev–Trinajstić information content (AvgIpc) is 0. The summed E-state index contributed by atoms with van der Waals surface area (Å²) in [4.78, 5) is 0. The van der Waals surface area contributed by atoms with Gasteiger partial charge in [0.15, 0.2) is 0 Å². The molecule has 0 unspecified atom stereocenters. The Morgan fingerprint density at radius 1 is 1.00 bits per heavy atom. The molecule has 0 bridgehead atoms. The molecule has 0 aromatic heterocycles. The van der Waals surface area contributed by atoms with Crippen LogP contribution in [0.1, 0.15) is 0 Å². The van der Waals surface area contributed by atoms with Crippen LogP contribution in [0.2, 0.25) is 0 Å². The van der Waals surface area contributed by atoms with Crippen molar-refractivity contribution in [1.82, 2.24) is 0 Å². The van der Waals surface area contributed by atoms with Gasteiger partial charge in [0.05, 0.1) is 0 Å². The van der Waals surface area contributed by atoms with E-state index in [0.29, 0.717) is 0 Å². The molecule has 0 aliphatic rings. The van der Waals surface area contributed by atoms with Gasteiger partial charge in [-0.15, -0.1) is 0 Å². The van der Waals surface area contributed by atoms with Crippen LogP contribution in [0.5, 0.6) is 0 Å². The molecule has 5 heteroatoms. The maximum absolute atomic E-state index is 0. The van der Waals surface area contributed by atoms with Gasteiger partial charge in [-0.3, -0.25) is 0 Å². The van der Waals surface area contributed by atoms with Gasteiger partial charge in [0.2, 0.25) is 0 Å². The van der Waals surface area contributed by atoms with Crippen LogP contribution in [0.25, 0.3) is 0 Å². The van der Waals surface area contributed by atoms with Gasteiger partial charge in [-0.2, -0.15) is 0 Å². The SMILES string of the molecule is [Ca].[Ho].[Mg].[Pr].[Zr]. The minimum Gasteiger partial charge on any atom is 0 e. The Hall–Kier alpha value is 5.53. The fourth-order valence-corrected chi connectivity index (χ4v) is 0. The molecule has 0 saturated heterocycles. The van der Waals surface area contributed by atoms with Crippen LogP contribution in [0.3, 0.4) is 0 Å². The van der Waals surface area contributed by atoms with E-state index < -0.39 is 0 Å². The van der Waals surface area contributed by atoms with Crippen molar-refractivity contribution in [2.75, 3.05) is 0 Å². The van der Waals surface area contributed by atoms with Crippen LogP contribution in [-0.2, 0) is 26.2 Å². The predicted octanol–water partition coefficient (Wildman–Crippen LogP) is -0.764. The Balaban J connectivity index is 0. The third-order valence-electron chi connectivity index (χ3n) is 0. The van der Waals surface area contributed by atoms with E-state index in [2.05, 4.69) is 0 Å². The molecule has 0 N–H and O–H groups in total. The van der Waals surface area contributed by atoms with Gasteiger partial charge < -0.3 is 0 Å². The maximum atomic E-state index is 0. The van der Waals surface area contributed by atoms with Gasteiger partial charge in [0, 0.05) is 166 Å². The standard InChI is InChI=1S/Ca.Ho.Mg.Pr.Zr. The Morgan fingerprint density at radius 2 is 1.00 bits per heavy atom. The monoisotopic (exact) mass is 460 g/mol. The summed E-state index contributed by atoms with van der Waals surface area (Å²) >= 11 is 0. The molecule has 0 heterocycles. The molecule has 0 aliphatic carbocycles. The Bertz CT molecular complexity index is 11.6. The number of hydrogen-bond donors (Lipinski definition) is 0. The molecule has 0 fully saturated rings. The Kier molecular flexibility index (Phi) is 142. The molecule has 22 valence electrons. The molecule has 0 aromatic carbocycles.